The molecule has 1 aromatic rings. The number of hydrogen-bond acceptors (Lipinski definition) is 3. The van der Waals surface area contributed by atoms with Gasteiger partial charge >= 0.3 is 35.6 Å². The Morgan fingerprint density at radius 1 is 1.67 bits per heavy atom. The van der Waals surface area contributed by atoms with E-state index >= 15 is 0 Å². The van der Waals surface area contributed by atoms with E-state index in [9.17, 15) is 9.59 Å². The Morgan fingerprint density at radius 3 is 2.73 bits per heavy atom. The topological polar surface area (TPSA) is 58.1 Å². The summed E-state index contributed by atoms with van der Waals surface area (Å²) >= 11 is 1.59. The van der Waals surface area contributed by atoms with E-state index < -0.39 is 0 Å². The van der Waals surface area contributed by atoms with Gasteiger partial charge in [-0.1, -0.05) is 0 Å². The van der Waals surface area contributed by atoms with Crippen LogP contribution in [0, 0.1) is 0 Å². The number of carbonyl (C=O) groups is 1. The predicted octanol–water partition coefficient (Wildman–Crippen LogP) is -2.31. The zero-order valence-corrected chi connectivity index (χ0v) is 12.2. The normalized spacial score (nSPS) is 9.53. The molecule has 0 spiro atoms. The first-order chi connectivity index (χ1) is 6.56. The molecule has 0 saturated heterocycles. The van der Waals surface area contributed by atoms with Gasteiger partial charge in [-0.05, 0) is 6.26 Å². The van der Waals surface area contributed by atoms with Crippen LogP contribution in [-0.4, -0.2) is 41.1 Å². The number of hydrogen-bond donors (Lipinski definition) is 1. The first-order valence-corrected chi connectivity index (χ1v) is 5.47. The summed E-state index contributed by atoms with van der Waals surface area (Å²) in [6.07, 6.45) is 1.93. The van der Waals surface area contributed by atoms with Crippen molar-refractivity contribution in [1.82, 2.24) is 14.7 Å². The SMILES string of the molecule is CSCc1cc(=O)n(C(=O)N(C)C)[nH]1.[H-].[Na+]. The molecule has 1 N–H and O–H groups in total. The molecule has 0 aliphatic rings. The van der Waals surface area contributed by atoms with Crippen molar-refractivity contribution < 1.29 is 35.8 Å². The molecule has 0 aromatic carbocycles. The molecular weight excluding hydrogens is 225 g/mol. The number of aromatic amines is 1. The van der Waals surface area contributed by atoms with Crippen molar-refractivity contribution in [3.63, 3.8) is 0 Å². The van der Waals surface area contributed by atoms with Gasteiger partial charge < -0.3 is 6.33 Å². The summed E-state index contributed by atoms with van der Waals surface area (Å²) in [5, 5.41) is 2.76. The second kappa shape index (κ2) is 6.42. The zero-order chi connectivity index (χ0) is 10.7. The molecule has 0 fully saturated rings. The molecule has 0 unspecified atom stereocenters. The van der Waals surface area contributed by atoms with Gasteiger partial charge in [0.05, 0.1) is 0 Å². The van der Waals surface area contributed by atoms with E-state index in [0.717, 1.165) is 10.4 Å². The minimum atomic E-state index is -0.359. The van der Waals surface area contributed by atoms with Gasteiger partial charge in [0.2, 0.25) is 0 Å². The molecule has 1 aromatic heterocycles. The maximum atomic E-state index is 11.4. The summed E-state index contributed by atoms with van der Waals surface area (Å²) in [6, 6.07) is 1.08. The number of H-pyrrole nitrogens is 1. The van der Waals surface area contributed by atoms with Crippen molar-refractivity contribution >= 4 is 17.8 Å². The Morgan fingerprint density at radius 2 is 2.27 bits per heavy atom. The van der Waals surface area contributed by atoms with Crippen molar-refractivity contribution in [3.8, 4) is 0 Å². The van der Waals surface area contributed by atoms with Gasteiger partial charge in [-0.3, -0.25) is 9.89 Å². The summed E-state index contributed by atoms with van der Waals surface area (Å²) in [5.41, 5.74) is 0.449. The average Bonchev–Trinajstić information content (AvgIpc) is 2.46. The number of nitrogens with one attached hydrogen (secondary N) is 1. The van der Waals surface area contributed by atoms with Crippen LogP contribution in [0.3, 0.4) is 0 Å². The van der Waals surface area contributed by atoms with Crippen LogP contribution in [0.2, 0.25) is 0 Å². The van der Waals surface area contributed by atoms with Gasteiger partial charge in [-0.25, -0.2) is 4.79 Å². The summed E-state index contributed by atoms with van der Waals surface area (Å²) < 4.78 is 1.01. The fraction of sp³-hybridized carbons (Fsp3) is 0.500. The number of carbonyl (C=O) groups excluding carboxylic acids is 1. The molecule has 1 amide bonds. The standard InChI is InChI=1S/C8H13N3O2S.Na.H/c1-10(2)8(13)11-7(12)4-6(9-11)5-14-3;;/h4,9H,5H2,1-3H3;;/q;+1;-1. The van der Waals surface area contributed by atoms with Crippen molar-refractivity contribution in [3.05, 3.63) is 22.1 Å². The third-order valence-corrected chi connectivity index (χ3v) is 2.25. The first-order valence-electron chi connectivity index (χ1n) is 4.07. The summed E-state index contributed by atoms with van der Waals surface area (Å²) in [6.45, 7) is 0. The van der Waals surface area contributed by atoms with Gasteiger partial charge in [0.25, 0.3) is 5.56 Å². The van der Waals surface area contributed by atoms with Crippen molar-refractivity contribution in [2.24, 2.45) is 0 Å². The van der Waals surface area contributed by atoms with E-state index in [4.69, 9.17) is 0 Å². The molecule has 7 heteroatoms. The van der Waals surface area contributed by atoms with Crippen LogP contribution in [0.25, 0.3) is 0 Å². The number of nitrogens with zero attached hydrogens (tertiary/aromatic N) is 2. The Kier molecular flexibility index (Phi) is 6.35. The van der Waals surface area contributed by atoms with E-state index in [1.807, 2.05) is 6.26 Å². The van der Waals surface area contributed by atoms with Crippen LogP contribution < -0.4 is 35.1 Å². The quantitative estimate of drug-likeness (QED) is 0.590. The average molecular weight is 239 g/mol. The van der Waals surface area contributed by atoms with Gasteiger partial charge in [0.1, 0.15) is 0 Å². The summed E-state index contributed by atoms with van der Waals surface area (Å²) in [4.78, 5) is 24.1. The fourth-order valence-corrected chi connectivity index (χ4v) is 1.47. The summed E-state index contributed by atoms with van der Waals surface area (Å²) in [5.74, 6) is 0.697. The maximum Gasteiger partial charge on any atom is 1.00 e. The van der Waals surface area contributed by atoms with Gasteiger partial charge in [-0.15, -0.1) is 0 Å². The van der Waals surface area contributed by atoms with Crippen LogP contribution in [0.5, 0.6) is 0 Å². The zero-order valence-electron chi connectivity index (χ0n) is 10.4. The van der Waals surface area contributed by atoms with E-state index in [0.29, 0.717) is 5.75 Å². The maximum absolute atomic E-state index is 11.4. The molecule has 15 heavy (non-hydrogen) atoms. The molecule has 5 nitrogen and oxygen atoms in total. The number of thioether (sulfide) groups is 1. The van der Waals surface area contributed by atoms with E-state index in [-0.39, 0.29) is 42.6 Å². The Labute approximate surface area is 116 Å². The van der Waals surface area contributed by atoms with Gasteiger partial charge in [0.15, 0.2) is 0 Å². The van der Waals surface area contributed by atoms with Gasteiger partial charge in [-0.2, -0.15) is 16.4 Å². The molecule has 0 bridgehead atoms. The molecule has 0 atom stereocenters. The molecule has 0 aliphatic carbocycles. The van der Waals surface area contributed by atoms with Crippen molar-refractivity contribution in [2.45, 2.75) is 5.75 Å². The minimum absolute atomic E-state index is 0. The largest absolute Gasteiger partial charge is 1.00 e. The van der Waals surface area contributed by atoms with Crippen LogP contribution in [0.1, 0.15) is 7.12 Å². The second-order valence-corrected chi connectivity index (χ2v) is 3.93. The molecule has 1 heterocycles. The Balaban J connectivity index is 0. The molecule has 1 rings (SSSR count). The third kappa shape index (κ3) is 3.71. The second-order valence-electron chi connectivity index (χ2n) is 3.07. The molecule has 0 radical (unpaired) electrons. The van der Waals surface area contributed by atoms with Crippen LogP contribution in [-0.2, 0) is 5.75 Å². The first kappa shape index (κ1) is 14.8. The van der Waals surface area contributed by atoms with Crippen LogP contribution in [0.4, 0.5) is 4.79 Å². The van der Waals surface area contributed by atoms with Gasteiger partial charge in [0, 0.05) is 31.6 Å². The van der Waals surface area contributed by atoms with E-state index in [1.165, 1.54) is 11.0 Å². The summed E-state index contributed by atoms with van der Waals surface area (Å²) in [7, 11) is 3.20. The number of amides is 1. The Hall–Kier alpha value is -0.170. The van der Waals surface area contributed by atoms with Crippen LogP contribution in [0.15, 0.2) is 10.9 Å². The molecule has 0 aliphatic heterocycles. The minimum Gasteiger partial charge on any atom is -1.00 e. The van der Waals surface area contributed by atoms with E-state index in [2.05, 4.69) is 5.10 Å². The van der Waals surface area contributed by atoms with E-state index in [1.54, 1.807) is 25.9 Å². The van der Waals surface area contributed by atoms with Crippen molar-refractivity contribution in [1.29, 1.82) is 0 Å². The fourth-order valence-electron chi connectivity index (χ4n) is 1.02. The predicted molar refractivity (Wildman–Crippen MR) is 57.9 cm³/mol. The third-order valence-electron chi connectivity index (χ3n) is 1.65. The number of rotatable bonds is 2. The molecule has 0 saturated carbocycles. The monoisotopic (exact) mass is 239 g/mol. The van der Waals surface area contributed by atoms with Crippen molar-refractivity contribution in [2.75, 3.05) is 20.4 Å². The molecule has 80 valence electrons. The smallest absolute Gasteiger partial charge is 1.00 e. The number of aromatic nitrogens is 2. The molecular formula is C8H14N3NaO2S. The Bertz CT molecular complexity index is 391. The van der Waals surface area contributed by atoms with Crippen LogP contribution >= 0.6 is 11.8 Å².